The summed E-state index contributed by atoms with van der Waals surface area (Å²) in [5.74, 6) is -2.80. The summed E-state index contributed by atoms with van der Waals surface area (Å²) < 4.78 is 0. The van der Waals surface area contributed by atoms with Gasteiger partial charge in [0.25, 0.3) is 0 Å². The zero-order chi connectivity index (χ0) is 19.0. The maximum atomic E-state index is 12.2. The Balaban J connectivity index is 0.000000450. The Kier molecular flexibility index (Phi) is 7.49. The van der Waals surface area contributed by atoms with E-state index in [4.69, 9.17) is 15.3 Å². The number of rotatable bonds is 5. The summed E-state index contributed by atoms with van der Waals surface area (Å²) in [6.07, 6.45) is -1.23. The summed E-state index contributed by atoms with van der Waals surface area (Å²) in [5, 5.41) is 24.8. The Morgan fingerprint density at radius 1 is 0.800 bits per heavy atom. The number of aliphatic hydroxyl groups is 1. The predicted molar refractivity (Wildman–Crippen MR) is 91.7 cm³/mol. The largest absolute Gasteiger partial charge is 0.481 e. The number of carbonyl (C=O) groups excluding carboxylic acids is 1. The van der Waals surface area contributed by atoms with Gasteiger partial charge in [-0.1, -0.05) is 48.5 Å². The van der Waals surface area contributed by atoms with Crippen molar-refractivity contribution in [2.75, 3.05) is 0 Å². The minimum absolute atomic E-state index is 0.0972. The number of carboxylic acid groups (broad SMARTS) is 2. The molecule has 0 saturated carbocycles. The molecular formula is C19H20O6. The van der Waals surface area contributed by atoms with Crippen LogP contribution in [0.25, 0.3) is 0 Å². The van der Waals surface area contributed by atoms with Crippen molar-refractivity contribution in [3.05, 3.63) is 71.3 Å². The lowest BCUT2D eigenvalue weighted by molar-refractivity contribution is -0.145. The van der Waals surface area contributed by atoms with E-state index >= 15 is 0 Å². The van der Waals surface area contributed by atoms with E-state index in [1.54, 1.807) is 55.5 Å². The highest BCUT2D eigenvalue weighted by molar-refractivity contribution is 6.09. The van der Waals surface area contributed by atoms with Crippen LogP contribution in [0.2, 0.25) is 0 Å². The molecular weight excluding hydrogens is 324 g/mol. The third-order valence-electron chi connectivity index (χ3n) is 3.41. The Bertz CT molecular complexity index is 737. The van der Waals surface area contributed by atoms with Crippen LogP contribution >= 0.6 is 0 Å². The van der Waals surface area contributed by atoms with Gasteiger partial charge in [-0.15, -0.1) is 0 Å². The first-order valence-corrected chi connectivity index (χ1v) is 7.57. The molecule has 0 bridgehead atoms. The molecule has 0 spiro atoms. The third-order valence-corrected chi connectivity index (χ3v) is 3.41. The van der Waals surface area contributed by atoms with Crippen molar-refractivity contribution >= 4 is 17.7 Å². The molecule has 0 aliphatic carbocycles. The molecule has 132 valence electrons. The molecule has 0 aliphatic rings. The van der Waals surface area contributed by atoms with Crippen LogP contribution in [-0.2, 0) is 9.59 Å². The van der Waals surface area contributed by atoms with Gasteiger partial charge in [0.2, 0.25) is 0 Å². The molecule has 6 heteroatoms. The maximum absolute atomic E-state index is 12.2. The fraction of sp³-hybridized carbons (Fsp3) is 0.211. The Morgan fingerprint density at radius 2 is 1.32 bits per heavy atom. The number of hydrogen-bond acceptors (Lipinski definition) is 4. The Hall–Kier alpha value is -2.99. The first-order valence-electron chi connectivity index (χ1n) is 7.57. The highest BCUT2D eigenvalue weighted by Gasteiger charge is 2.16. The lowest BCUT2D eigenvalue weighted by Gasteiger charge is -2.08. The number of carboxylic acids is 2. The molecule has 0 saturated heterocycles. The second kappa shape index (κ2) is 9.34. The number of hydrogen-bond donors (Lipinski definition) is 3. The highest BCUT2D eigenvalue weighted by Crippen LogP contribution is 2.18. The van der Waals surface area contributed by atoms with E-state index in [0.717, 1.165) is 0 Å². The van der Waals surface area contributed by atoms with E-state index in [1.807, 2.05) is 6.07 Å². The molecule has 2 aromatic carbocycles. The van der Waals surface area contributed by atoms with Crippen LogP contribution in [0.1, 0.15) is 41.3 Å². The number of benzene rings is 2. The standard InChI is InChI=1S/C16H14O3.C3H6O3/c1-11(16(18)19)13-8-5-9-14(10-13)15(17)12-6-3-2-4-7-12;1-2(4)3(5)6/h2-11H,1H3,(H,18,19);2,4H,1H3,(H,5,6). The van der Waals surface area contributed by atoms with Crippen molar-refractivity contribution in [2.45, 2.75) is 25.9 Å². The predicted octanol–water partition coefficient (Wildman–Crippen LogP) is 2.56. The molecule has 6 nitrogen and oxygen atoms in total. The van der Waals surface area contributed by atoms with Gasteiger partial charge >= 0.3 is 11.9 Å². The number of aliphatic hydroxyl groups excluding tert-OH is 1. The van der Waals surface area contributed by atoms with Crippen LogP contribution in [0.15, 0.2) is 54.6 Å². The molecule has 0 radical (unpaired) electrons. The summed E-state index contributed by atoms with van der Waals surface area (Å²) in [5.41, 5.74) is 1.74. The molecule has 0 fully saturated rings. The van der Waals surface area contributed by atoms with Crippen LogP contribution in [0.3, 0.4) is 0 Å². The van der Waals surface area contributed by atoms with Crippen LogP contribution in [0, 0.1) is 0 Å². The van der Waals surface area contributed by atoms with Crippen molar-refractivity contribution in [2.24, 2.45) is 0 Å². The highest BCUT2D eigenvalue weighted by atomic mass is 16.4. The average Bonchev–Trinajstić information content (AvgIpc) is 2.61. The lowest BCUT2D eigenvalue weighted by Crippen LogP contribution is -2.13. The van der Waals surface area contributed by atoms with Gasteiger partial charge in [0.05, 0.1) is 5.92 Å². The quantitative estimate of drug-likeness (QED) is 0.719. The number of ketones is 1. The van der Waals surface area contributed by atoms with E-state index in [0.29, 0.717) is 16.7 Å². The summed E-state index contributed by atoms with van der Waals surface area (Å²) in [6.45, 7) is 2.80. The summed E-state index contributed by atoms with van der Waals surface area (Å²) >= 11 is 0. The molecule has 0 aliphatic heterocycles. The van der Waals surface area contributed by atoms with E-state index in [2.05, 4.69) is 0 Å². The minimum atomic E-state index is -1.23. The first kappa shape index (κ1) is 20.1. The summed E-state index contributed by atoms with van der Waals surface area (Å²) in [7, 11) is 0. The van der Waals surface area contributed by atoms with Gasteiger partial charge in [-0.25, -0.2) is 4.79 Å². The molecule has 25 heavy (non-hydrogen) atoms. The van der Waals surface area contributed by atoms with Crippen molar-refractivity contribution in [3.63, 3.8) is 0 Å². The van der Waals surface area contributed by atoms with Gasteiger partial charge in [-0.05, 0) is 25.5 Å². The van der Waals surface area contributed by atoms with Crippen LogP contribution in [0.5, 0.6) is 0 Å². The minimum Gasteiger partial charge on any atom is -0.481 e. The zero-order valence-corrected chi connectivity index (χ0v) is 13.9. The molecule has 2 unspecified atom stereocenters. The average molecular weight is 344 g/mol. The molecule has 3 N–H and O–H groups in total. The monoisotopic (exact) mass is 344 g/mol. The number of aliphatic carboxylic acids is 2. The van der Waals surface area contributed by atoms with E-state index < -0.39 is 24.0 Å². The molecule has 0 amide bonds. The molecule has 0 aromatic heterocycles. The van der Waals surface area contributed by atoms with Gasteiger partial charge in [-0.3, -0.25) is 9.59 Å². The van der Waals surface area contributed by atoms with Crippen molar-refractivity contribution < 1.29 is 29.7 Å². The van der Waals surface area contributed by atoms with Gasteiger partial charge in [0, 0.05) is 11.1 Å². The second-order valence-corrected chi connectivity index (χ2v) is 5.39. The van der Waals surface area contributed by atoms with Crippen LogP contribution in [-0.4, -0.2) is 39.1 Å². The maximum Gasteiger partial charge on any atom is 0.332 e. The summed E-state index contributed by atoms with van der Waals surface area (Å²) in [6, 6.07) is 15.7. The molecule has 2 atom stereocenters. The van der Waals surface area contributed by atoms with Gasteiger partial charge in [0.15, 0.2) is 5.78 Å². The second-order valence-electron chi connectivity index (χ2n) is 5.39. The molecule has 0 heterocycles. The Morgan fingerprint density at radius 3 is 1.80 bits per heavy atom. The van der Waals surface area contributed by atoms with Gasteiger partial charge < -0.3 is 15.3 Å². The fourth-order valence-electron chi connectivity index (χ4n) is 1.85. The Labute approximate surface area is 145 Å². The van der Waals surface area contributed by atoms with Gasteiger partial charge in [0.1, 0.15) is 6.10 Å². The van der Waals surface area contributed by atoms with Crippen LogP contribution < -0.4 is 0 Å². The first-order chi connectivity index (χ1) is 11.7. The summed E-state index contributed by atoms with van der Waals surface area (Å²) in [4.78, 5) is 32.7. The SMILES string of the molecule is CC(C(=O)O)c1cccc(C(=O)c2ccccc2)c1.CC(O)C(=O)O. The van der Waals surface area contributed by atoms with E-state index in [9.17, 15) is 14.4 Å². The topological polar surface area (TPSA) is 112 Å². The molecule has 2 aromatic rings. The third kappa shape index (κ3) is 6.19. The smallest absolute Gasteiger partial charge is 0.332 e. The van der Waals surface area contributed by atoms with Gasteiger partial charge in [-0.2, -0.15) is 0 Å². The van der Waals surface area contributed by atoms with Crippen molar-refractivity contribution in [1.29, 1.82) is 0 Å². The van der Waals surface area contributed by atoms with Crippen molar-refractivity contribution in [3.8, 4) is 0 Å². The normalized spacial score (nSPS) is 12.3. The fourth-order valence-corrected chi connectivity index (χ4v) is 1.85. The van der Waals surface area contributed by atoms with Crippen LogP contribution in [0.4, 0.5) is 0 Å². The lowest BCUT2D eigenvalue weighted by atomic mass is 9.96. The number of carbonyl (C=O) groups is 3. The van der Waals surface area contributed by atoms with Crippen molar-refractivity contribution in [1.82, 2.24) is 0 Å². The van der Waals surface area contributed by atoms with E-state index in [-0.39, 0.29) is 5.78 Å². The zero-order valence-electron chi connectivity index (χ0n) is 13.9. The molecule has 2 rings (SSSR count). The van der Waals surface area contributed by atoms with E-state index in [1.165, 1.54) is 6.92 Å².